The van der Waals surface area contributed by atoms with Gasteiger partial charge in [0.25, 0.3) is 0 Å². The van der Waals surface area contributed by atoms with Crippen LogP contribution >= 0.6 is 0 Å². The van der Waals surface area contributed by atoms with E-state index in [1.165, 1.54) is 37.8 Å². The molecule has 1 saturated carbocycles. The Morgan fingerprint density at radius 1 is 1.06 bits per heavy atom. The Kier molecular flexibility index (Phi) is 4.03. The number of hydrogen-bond acceptors (Lipinski definition) is 1. The van der Waals surface area contributed by atoms with E-state index >= 15 is 0 Å². The molecule has 1 aromatic carbocycles. The van der Waals surface area contributed by atoms with Gasteiger partial charge in [-0.25, -0.2) is 0 Å². The molecule has 0 amide bonds. The second-order valence-corrected chi connectivity index (χ2v) is 4.68. The molecule has 0 radical (unpaired) electrons. The van der Waals surface area contributed by atoms with E-state index in [-0.39, 0.29) is 0 Å². The fourth-order valence-electron chi connectivity index (χ4n) is 2.37. The Morgan fingerprint density at radius 2 is 1.75 bits per heavy atom. The third kappa shape index (κ3) is 3.41. The maximum Gasteiger partial charge on any atom is 0.0418 e. The van der Waals surface area contributed by atoms with E-state index in [0.29, 0.717) is 6.04 Å². The molecule has 0 aromatic heterocycles. The van der Waals surface area contributed by atoms with Gasteiger partial charge in [-0.05, 0) is 44.7 Å². The molecule has 86 valence electrons. The second kappa shape index (κ2) is 5.74. The number of nitrogens with one attached hydrogen (secondary N) is 1. The normalized spacial score (nSPS) is 17.9. The Hall–Kier alpha value is -1.24. The lowest BCUT2D eigenvalue weighted by Gasteiger charge is -2.17. The average Bonchev–Trinajstić information content (AvgIpc) is 2.31. The molecule has 0 saturated heterocycles. The molecular formula is C15H21N. The third-order valence-corrected chi connectivity index (χ3v) is 3.15. The smallest absolute Gasteiger partial charge is 0.0418 e. The number of benzene rings is 1. The van der Waals surface area contributed by atoms with Gasteiger partial charge in [0.05, 0.1) is 0 Å². The van der Waals surface area contributed by atoms with Gasteiger partial charge in [0, 0.05) is 11.7 Å². The van der Waals surface area contributed by atoms with Gasteiger partial charge in [-0.3, -0.25) is 0 Å². The zero-order valence-electron chi connectivity index (χ0n) is 10.1. The molecule has 1 nitrogen and oxygen atoms in total. The fourth-order valence-corrected chi connectivity index (χ4v) is 2.37. The first kappa shape index (κ1) is 11.3. The first-order valence-corrected chi connectivity index (χ1v) is 6.36. The summed E-state index contributed by atoms with van der Waals surface area (Å²) in [4.78, 5) is 0. The quantitative estimate of drug-likeness (QED) is 0.738. The van der Waals surface area contributed by atoms with Crippen molar-refractivity contribution in [1.82, 2.24) is 0 Å². The van der Waals surface area contributed by atoms with Crippen LogP contribution in [0.5, 0.6) is 0 Å². The number of allylic oxidation sites excluding steroid dienone is 1. The molecular weight excluding hydrogens is 194 g/mol. The van der Waals surface area contributed by atoms with E-state index in [0.717, 1.165) is 0 Å². The first-order chi connectivity index (χ1) is 7.84. The lowest BCUT2D eigenvalue weighted by atomic mass is 9.93. The number of para-hydroxylation sites is 1. The van der Waals surface area contributed by atoms with Crippen LogP contribution in [0.2, 0.25) is 0 Å². The van der Waals surface area contributed by atoms with Crippen molar-refractivity contribution in [2.24, 2.45) is 0 Å². The van der Waals surface area contributed by atoms with E-state index < -0.39 is 0 Å². The summed E-state index contributed by atoms with van der Waals surface area (Å²) in [6.07, 6.45) is 9.19. The van der Waals surface area contributed by atoms with E-state index in [2.05, 4.69) is 48.6 Å². The Morgan fingerprint density at radius 3 is 2.44 bits per heavy atom. The molecule has 0 spiro atoms. The van der Waals surface area contributed by atoms with Crippen LogP contribution in [0.3, 0.4) is 0 Å². The van der Waals surface area contributed by atoms with Gasteiger partial charge in [0.1, 0.15) is 0 Å². The summed E-state index contributed by atoms with van der Waals surface area (Å²) < 4.78 is 0. The molecule has 0 bridgehead atoms. The summed E-state index contributed by atoms with van der Waals surface area (Å²) in [6.45, 7) is 2.23. The number of rotatable bonds is 3. The molecule has 1 aliphatic rings. The maximum absolute atomic E-state index is 3.51. The van der Waals surface area contributed by atoms with Crippen molar-refractivity contribution in [3.8, 4) is 0 Å². The van der Waals surface area contributed by atoms with Crippen molar-refractivity contribution >= 4 is 5.69 Å². The minimum Gasteiger partial charge on any atom is -0.379 e. The molecule has 16 heavy (non-hydrogen) atoms. The molecule has 1 unspecified atom stereocenters. The third-order valence-electron chi connectivity index (χ3n) is 3.15. The molecule has 1 atom stereocenters. The monoisotopic (exact) mass is 215 g/mol. The predicted molar refractivity (Wildman–Crippen MR) is 70.7 cm³/mol. The molecule has 0 heterocycles. The zero-order chi connectivity index (χ0) is 11.2. The molecule has 1 aliphatic carbocycles. The minimum absolute atomic E-state index is 0.440. The predicted octanol–water partition coefficient (Wildman–Crippen LogP) is 4.38. The highest BCUT2D eigenvalue weighted by Gasteiger charge is 2.06. The van der Waals surface area contributed by atoms with Crippen LogP contribution in [0.4, 0.5) is 5.69 Å². The van der Waals surface area contributed by atoms with Gasteiger partial charge in [0.2, 0.25) is 0 Å². The van der Waals surface area contributed by atoms with E-state index in [4.69, 9.17) is 0 Å². The van der Waals surface area contributed by atoms with Crippen molar-refractivity contribution in [3.05, 3.63) is 42.0 Å². The summed E-state index contributed by atoms with van der Waals surface area (Å²) in [5.41, 5.74) is 2.85. The van der Waals surface area contributed by atoms with Crippen LogP contribution < -0.4 is 5.32 Å². The largest absolute Gasteiger partial charge is 0.379 e. The average molecular weight is 215 g/mol. The maximum atomic E-state index is 3.51. The zero-order valence-corrected chi connectivity index (χ0v) is 10.1. The van der Waals surface area contributed by atoms with Crippen molar-refractivity contribution in [3.63, 3.8) is 0 Å². The second-order valence-electron chi connectivity index (χ2n) is 4.68. The van der Waals surface area contributed by atoms with Crippen LogP contribution in [0.15, 0.2) is 42.0 Å². The van der Waals surface area contributed by atoms with Crippen molar-refractivity contribution in [2.75, 3.05) is 5.32 Å². The van der Waals surface area contributed by atoms with Crippen molar-refractivity contribution in [1.29, 1.82) is 0 Å². The lowest BCUT2D eigenvalue weighted by Crippen LogP contribution is -2.13. The van der Waals surface area contributed by atoms with E-state index in [1.807, 2.05) is 0 Å². The van der Waals surface area contributed by atoms with Crippen LogP contribution in [0, 0.1) is 0 Å². The summed E-state index contributed by atoms with van der Waals surface area (Å²) in [6, 6.07) is 10.9. The van der Waals surface area contributed by atoms with Gasteiger partial charge in [-0.15, -0.1) is 0 Å². The number of hydrogen-bond donors (Lipinski definition) is 1. The molecule has 2 rings (SSSR count). The topological polar surface area (TPSA) is 12.0 Å². The van der Waals surface area contributed by atoms with E-state index in [1.54, 1.807) is 5.57 Å². The van der Waals surface area contributed by atoms with Gasteiger partial charge in [0.15, 0.2) is 0 Å². The molecule has 1 fully saturated rings. The molecule has 0 aliphatic heterocycles. The van der Waals surface area contributed by atoms with Crippen LogP contribution in [-0.4, -0.2) is 6.04 Å². The Labute approximate surface area is 98.6 Å². The highest BCUT2D eigenvalue weighted by atomic mass is 14.9. The SMILES string of the molecule is CC(C=C1CCCCC1)Nc1ccccc1. The Bertz CT molecular complexity index is 332. The van der Waals surface area contributed by atoms with Crippen LogP contribution in [-0.2, 0) is 0 Å². The highest BCUT2D eigenvalue weighted by molar-refractivity contribution is 5.44. The van der Waals surface area contributed by atoms with Gasteiger partial charge < -0.3 is 5.32 Å². The fraction of sp³-hybridized carbons (Fsp3) is 0.467. The molecule has 1 heteroatoms. The number of anilines is 1. The van der Waals surface area contributed by atoms with Crippen molar-refractivity contribution in [2.45, 2.75) is 45.1 Å². The van der Waals surface area contributed by atoms with Gasteiger partial charge in [-0.1, -0.05) is 36.3 Å². The highest BCUT2D eigenvalue weighted by Crippen LogP contribution is 2.23. The summed E-state index contributed by atoms with van der Waals surface area (Å²) in [5, 5.41) is 3.51. The van der Waals surface area contributed by atoms with E-state index in [9.17, 15) is 0 Å². The van der Waals surface area contributed by atoms with Crippen LogP contribution in [0.25, 0.3) is 0 Å². The molecule has 1 N–H and O–H groups in total. The summed E-state index contributed by atoms with van der Waals surface area (Å²) in [5.74, 6) is 0. The summed E-state index contributed by atoms with van der Waals surface area (Å²) in [7, 11) is 0. The van der Waals surface area contributed by atoms with Crippen LogP contribution in [0.1, 0.15) is 39.0 Å². The molecule has 1 aromatic rings. The van der Waals surface area contributed by atoms with Crippen molar-refractivity contribution < 1.29 is 0 Å². The lowest BCUT2D eigenvalue weighted by molar-refractivity contribution is 0.595. The van der Waals surface area contributed by atoms with Gasteiger partial charge in [-0.2, -0.15) is 0 Å². The first-order valence-electron chi connectivity index (χ1n) is 6.36. The Balaban J connectivity index is 1.90. The summed E-state index contributed by atoms with van der Waals surface area (Å²) >= 11 is 0. The van der Waals surface area contributed by atoms with Gasteiger partial charge >= 0.3 is 0 Å². The standard InChI is InChI=1S/C15H21N/c1-13(12-14-8-4-2-5-9-14)16-15-10-6-3-7-11-15/h3,6-7,10-13,16H,2,4-5,8-9H2,1H3. The minimum atomic E-state index is 0.440.